The van der Waals surface area contributed by atoms with Gasteiger partial charge in [-0.25, -0.2) is 14.0 Å². The van der Waals surface area contributed by atoms with Gasteiger partial charge in [-0.1, -0.05) is 23.9 Å². The topological polar surface area (TPSA) is 101 Å². The quantitative estimate of drug-likeness (QED) is 0.461. The molecule has 2 aromatic heterocycles. The van der Waals surface area contributed by atoms with Crippen molar-refractivity contribution in [2.75, 3.05) is 18.2 Å². The Morgan fingerprint density at radius 2 is 2.00 bits per heavy atom. The number of carbonyl (C=O) groups excluding carboxylic acids is 1. The molecule has 4 rings (SSSR count). The van der Waals surface area contributed by atoms with Gasteiger partial charge >= 0.3 is 0 Å². The first kappa shape index (κ1) is 19.6. The monoisotopic (exact) mass is 425 g/mol. The van der Waals surface area contributed by atoms with E-state index < -0.39 is 5.56 Å². The van der Waals surface area contributed by atoms with Crippen LogP contribution in [-0.2, 0) is 4.79 Å². The summed E-state index contributed by atoms with van der Waals surface area (Å²) in [6.45, 7) is 0. The number of hydrogen-bond donors (Lipinski definition) is 2. The Hall–Kier alpha value is -3.66. The van der Waals surface area contributed by atoms with Gasteiger partial charge < -0.3 is 10.1 Å². The molecule has 0 unspecified atom stereocenters. The van der Waals surface area contributed by atoms with Crippen molar-refractivity contribution in [1.82, 2.24) is 19.8 Å². The van der Waals surface area contributed by atoms with E-state index in [4.69, 9.17) is 4.74 Å². The van der Waals surface area contributed by atoms with Gasteiger partial charge in [0.2, 0.25) is 11.1 Å². The van der Waals surface area contributed by atoms with Crippen LogP contribution in [0.4, 0.5) is 10.1 Å². The number of carbonyl (C=O) groups is 1. The SMILES string of the molecule is COc1ccccc1NC(=O)CSc1n[nH]c(=O)c2cc(-c3ccc(F)cc3)nn12. The fourth-order valence-electron chi connectivity index (χ4n) is 2.81. The summed E-state index contributed by atoms with van der Waals surface area (Å²) in [5.41, 5.74) is 1.57. The van der Waals surface area contributed by atoms with E-state index in [1.54, 1.807) is 42.5 Å². The van der Waals surface area contributed by atoms with Gasteiger partial charge in [0, 0.05) is 5.56 Å². The first-order valence-corrected chi connectivity index (χ1v) is 9.84. The van der Waals surface area contributed by atoms with Gasteiger partial charge in [0.15, 0.2) is 0 Å². The predicted octanol–water partition coefficient (Wildman–Crippen LogP) is 2.96. The third-order valence-corrected chi connectivity index (χ3v) is 5.16. The molecule has 0 aliphatic carbocycles. The number of nitrogens with zero attached hydrogens (tertiary/aromatic N) is 3. The van der Waals surface area contributed by atoms with Crippen LogP contribution in [0, 0.1) is 5.82 Å². The number of ether oxygens (including phenoxy) is 1. The molecule has 8 nitrogen and oxygen atoms in total. The van der Waals surface area contributed by atoms with Crippen molar-refractivity contribution in [3.63, 3.8) is 0 Å². The highest BCUT2D eigenvalue weighted by atomic mass is 32.2. The average Bonchev–Trinajstić information content (AvgIpc) is 3.21. The number of methoxy groups -OCH3 is 1. The van der Waals surface area contributed by atoms with Crippen LogP contribution in [0.15, 0.2) is 64.5 Å². The van der Waals surface area contributed by atoms with Crippen LogP contribution in [0.1, 0.15) is 0 Å². The summed E-state index contributed by atoms with van der Waals surface area (Å²) in [4.78, 5) is 24.5. The summed E-state index contributed by atoms with van der Waals surface area (Å²) in [7, 11) is 1.52. The van der Waals surface area contributed by atoms with Gasteiger partial charge in [-0.15, -0.1) is 5.10 Å². The second kappa shape index (κ2) is 8.37. The minimum absolute atomic E-state index is 0.0396. The molecule has 4 aromatic rings. The van der Waals surface area contributed by atoms with Crippen molar-refractivity contribution < 1.29 is 13.9 Å². The van der Waals surface area contributed by atoms with Crippen LogP contribution >= 0.6 is 11.8 Å². The van der Waals surface area contributed by atoms with E-state index in [0.717, 1.165) is 11.8 Å². The molecule has 0 fully saturated rings. The lowest BCUT2D eigenvalue weighted by Gasteiger charge is -2.09. The van der Waals surface area contributed by atoms with Gasteiger partial charge in [-0.05, 0) is 42.5 Å². The van der Waals surface area contributed by atoms with E-state index >= 15 is 0 Å². The van der Waals surface area contributed by atoms with E-state index in [1.807, 2.05) is 0 Å². The molecule has 2 N–H and O–H groups in total. The normalized spacial score (nSPS) is 10.9. The Balaban J connectivity index is 1.55. The van der Waals surface area contributed by atoms with Gasteiger partial charge in [-0.3, -0.25) is 9.59 Å². The van der Waals surface area contributed by atoms with Gasteiger partial charge in [-0.2, -0.15) is 5.10 Å². The molecule has 0 atom stereocenters. The van der Waals surface area contributed by atoms with E-state index in [2.05, 4.69) is 20.6 Å². The van der Waals surface area contributed by atoms with Crippen molar-refractivity contribution in [3.8, 4) is 17.0 Å². The highest BCUT2D eigenvalue weighted by Crippen LogP contribution is 2.24. The summed E-state index contributed by atoms with van der Waals surface area (Å²) in [6, 6.07) is 14.5. The molecule has 30 heavy (non-hydrogen) atoms. The molecular weight excluding hydrogens is 409 g/mol. The zero-order chi connectivity index (χ0) is 21.1. The standard InChI is InChI=1S/C20H16FN5O3S/c1-29-17-5-3-2-4-14(17)22-18(27)11-30-20-24-23-19(28)16-10-15(25-26(16)20)12-6-8-13(21)9-7-12/h2-10H,11H2,1H3,(H,22,27)(H,23,28). The Bertz CT molecular complexity index is 1270. The molecule has 0 radical (unpaired) electrons. The number of para-hydroxylation sites is 2. The van der Waals surface area contributed by atoms with Gasteiger partial charge in [0.25, 0.3) is 5.56 Å². The fourth-order valence-corrected chi connectivity index (χ4v) is 3.52. The molecule has 0 bridgehead atoms. The van der Waals surface area contributed by atoms with E-state index in [-0.39, 0.29) is 23.0 Å². The molecular formula is C20H16FN5O3S. The Labute approximate surface area is 174 Å². The van der Waals surface area contributed by atoms with Gasteiger partial charge in [0.05, 0.1) is 24.2 Å². The summed E-state index contributed by atoms with van der Waals surface area (Å²) >= 11 is 1.12. The van der Waals surface area contributed by atoms with Crippen molar-refractivity contribution in [3.05, 3.63) is 70.8 Å². The number of benzene rings is 2. The molecule has 0 saturated carbocycles. The number of aromatic amines is 1. The molecule has 2 aromatic carbocycles. The number of rotatable bonds is 6. The van der Waals surface area contributed by atoms with Crippen molar-refractivity contribution >= 4 is 28.9 Å². The lowest BCUT2D eigenvalue weighted by molar-refractivity contribution is -0.113. The zero-order valence-corrected chi connectivity index (χ0v) is 16.6. The molecule has 152 valence electrons. The lowest BCUT2D eigenvalue weighted by atomic mass is 10.1. The summed E-state index contributed by atoms with van der Waals surface area (Å²) in [5.74, 6) is -0.0369. The number of H-pyrrole nitrogens is 1. The third-order valence-electron chi connectivity index (χ3n) is 4.23. The lowest BCUT2D eigenvalue weighted by Crippen LogP contribution is -2.17. The second-order valence-electron chi connectivity index (χ2n) is 6.21. The van der Waals surface area contributed by atoms with E-state index in [9.17, 15) is 14.0 Å². The van der Waals surface area contributed by atoms with Crippen molar-refractivity contribution in [2.24, 2.45) is 0 Å². The summed E-state index contributed by atoms with van der Waals surface area (Å²) < 4.78 is 19.8. The van der Waals surface area contributed by atoms with E-state index in [0.29, 0.717) is 27.9 Å². The maximum atomic E-state index is 13.2. The first-order chi connectivity index (χ1) is 14.5. The maximum absolute atomic E-state index is 13.2. The fraction of sp³-hybridized carbons (Fsp3) is 0.100. The third kappa shape index (κ3) is 4.03. The van der Waals surface area contributed by atoms with Crippen LogP contribution in [0.3, 0.4) is 0 Å². The number of halogens is 1. The van der Waals surface area contributed by atoms with Crippen molar-refractivity contribution in [2.45, 2.75) is 5.16 Å². The number of hydrogen-bond acceptors (Lipinski definition) is 6. The van der Waals surface area contributed by atoms with E-state index in [1.165, 1.54) is 23.8 Å². The smallest absolute Gasteiger partial charge is 0.290 e. The Kier molecular flexibility index (Phi) is 5.48. The number of nitrogens with one attached hydrogen (secondary N) is 2. The average molecular weight is 425 g/mol. The van der Waals surface area contributed by atoms with Crippen LogP contribution in [0.5, 0.6) is 5.75 Å². The Morgan fingerprint density at radius 1 is 1.23 bits per heavy atom. The maximum Gasteiger partial charge on any atom is 0.290 e. The van der Waals surface area contributed by atoms with Gasteiger partial charge in [0.1, 0.15) is 17.1 Å². The minimum Gasteiger partial charge on any atom is -0.495 e. The molecule has 1 amide bonds. The largest absolute Gasteiger partial charge is 0.495 e. The van der Waals surface area contributed by atoms with Crippen molar-refractivity contribution in [1.29, 1.82) is 0 Å². The van der Waals surface area contributed by atoms with Crippen LogP contribution < -0.4 is 15.6 Å². The van der Waals surface area contributed by atoms with Crippen LogP contribution in [0.2, 0.25) is 0 Å². The molecule has 0 spiro atoms. The second-order valence-corrected chi connectivity index (χ2v) is 7.15. The summed E-state index contributed by atoms with van der Waals surface area (Å²) in [5, 5.41) is 13.9. The molecule has 2 heterocycles. The first-order valence-electron chi connectivity index (χ1n) is 8.85. The number of fused-ring (bicyclic) bond motifs is 1. The number of amides is 1. The summed E-state index contributed by atoms with van der Waals surface area (Å²) in [6.07, 6.45) is 0. The number of anilines is 1. The molecule has 0 aliphatic rings. The molecule has 0 saturated heterocycles. The zero-order valence-electron chi connectivity index (χ0n) is 15.8. The Morgan fingerprint density at radius 3 is 2.77 bits per heavy atom. The highest BCUT2D eigenvalue weighted by Gasteiger charge is 2.14. The van der Waals surface area contributed by atoms with Crippen LogP contribution in [0.25, 0.3) is 16.8 Å². The number of thioether (sulfide) groups is 1. The highest BCUT2D eigenvalue weighted by molar-refractivity contribution is 7.99. The predicted molar refractivity (Wildman–Crippen MR) is 111 cm³/mol. The molecule has 10 heteroatoms. The minimum atomic E-state index is -0.418. The number of aromatic nitrogens is 4. The molecule has 0 aliphatic heterocycles. The van der Waals surface area contributed by atoms with Crippen LogP contribution in [-0.4, -0.2) is 38.6 Å².